The van der Waals surface area contributed by atoms with Crippen molar-refractivity contribution in [3.8, 4) is 0 Å². The predicted molar refractivity (Wildman–Crippen MR) is 81.1 cm³/mol. The van der Waals surface area contributed by atoms with Gasteiger partial charge in [-0.15, -0.1) is 0 Å². The molecule has 0 amide bonds. The summed E-state index contributed by atoms with van der Waals surface area (Å²) >= 11 is 1.97. The van der Waals surface area contributed by atoms with Gasteiger partial charge in [-0.1, -0.05) is 0 Å². The van der Waals surface area contributed by atoms with Crippen LogP contribution in [0, 0.1) is 17.8 Å². The highest BCUT2D eigenvalue weighted by Gasteiger charge is 2.66. The van der Waals surface area contributed by atoms with Gasteiger partial charge in [-0.2, -0.15) is 20.2 Å². The van der Waals surface area contributed by atoms with Crippen molar-refractivity contribution in [2.45, 2.75) is 24.2 Å². The third kappa shape index (κ3) is 2.48. The van der Waals surface area contributed by atoms with Crippen LogP contribution in [0.1, 0.15) is 12.8 Å². The molecule has 2 aliphatic heterocycles. The summed E-state index contributed by atoms with van der Waals surface area (Å²) < 4.78 is 34.8. The van der Waals surface area contributed by atoms with Gasteiger partial charge in [0.05, 0.1) is 25.1 Å². The Labute approximate surface area is 135 Å². The summed E-state index contributed by atoms with van der Waals surface area (Å²) in [5.41, 5.74) is 0. The molecule has 0 aromatic carbocycles. The Morgan fingerprint density at radius 2 is 2.05 bits per heavy atom. The van der Waals surface area contributed by atoms with E-state index in [1.54, 1.807) is 0 Å². The van der Waals surface area contributed by atoms with E-state index in [0.29, 0.717) is 13.0 Å². The van der Waals surface area contributed by atoms with E-state index < -0.39 is 21.3 Å². The minimum absolute atomic E-state index is 0.0114. The maximum Gasteiger partial charge on any atom is 0.310 e. The van der Waals surface area contributed by atoms with E-state index in [9.17, 15) is 13.2 Å². The molecule has 0 aromatic rings. The first kappa shape index (κ1) is 15.2. The Bertz CT molecular complexity index is 558. The summed E-state index contributed by atoms with van der Waals surface area (Å²) in [7, 11) is -3.58. The summed E-state index contributed by atoms with van der Waals surface area (Å²) in [5, 5.41) is -0.650. The van der Waals surface area contributed by atoms with Crippen LogP contribution in [0.25, 0.3) is 0 Å². The highest BCUT2D eigenvalue weighted by molar-refractivity contribution is 7.99. The van der Waals surface area contributed by atoms with Gasteiger partial charge < -0.3 is 9.64 Å². The Kier molecular flexibility index (Phi) is 3.91. The number of quaternary nitrogens is 1. The van der Waals surface area contributed by atoms with E-state index in [2.05, 4.69) is 0 Å². The summed E-state index contributed by atoms with van der Waals surface area (Å²) in [6, 6.07) is 0. The number of rotatable bonds is 4. The summed E-state index contributed by atoms with van der Waals surface area (Å²) in [5.74, 6) is 1.64. The zero-order valence-electron chi connectivity index (χ0n) is 12.4. The lowest BCUT2D eigenvalue weighted by Crippen LogP contribution is -3.14. The molecule has 2 heterocycles. The second-order valence-electron chi connectivity index (χ2n) is 6.79. The van der Waals surface area contributed by atoms with E-state index >= 15 is 0 Å². The molecular weight excluding hydrogens is 326 g/mol. The molecule has 0 aromatic heterocycles. The van der Waals surface area contributed by atoms with Crippen LogP contribution in [0.2, 0.25) is 0 Å². The van der Waals surface area contributed by atoms with Crippen molar-refractivity contribution in [3.63, 3.8) is 0 Å². The predicted octanol–water partition coefficient (Wildman–Crippen LogP) is -1.09. The van der Waals surface area contributed by atoms with E-state index in [0.717, 1.165) is 37.6 Å². The smallest absolute Gasteiger partial charge is 0.310 e. The molecule has 1 N–H and O–H groups in total. The third-order valence-electron chi connectivity index (χ3n) is 5.63. The maximum atomic E-state index is 12.4. The summed E-state index contributed by atoms with van der Waals surface area (Å²) in [4.78, 5) is 13.9. The molecule has 2 bridgehead atoms. The summed E-state index contributed by atoms with van der Waals surface area (Å²) in [6.45, 7) is 3.44. The molecule has 0 spiro atoms. The Morgan fingerprint density at radius 1 is 1.27 bits per heavy atom. The van der Waals surface area contributed by atoms with Crippen molar-refractivity contribution >= 4 is 27.8 Å². The van der Waals surface area contributed by atoms with Crippen LogP contribution in [0.4, 0.5) is 0 Å². The number of hydrogen-bond acceptors (Lipinski definition) is 6. The molecular formula is C14H22NO5S2+. The van der Waals surface area contributed by atoms with Crippen LogP contribution in [0.15, 0.2) is 0 Å². The highest BCUT2D eigenvalue weighted by atomic mass is 32.2. The minimum Gasteiger partial charge on any atom is -0.459 e. The van der Waals surface area contributed by atoms with Crippen LogP contribution < -0.4 is 4.90 Å². The molecule has 4 fully saturated rings. The van der Waals surface area contributed by atoms with Crippen molar-refractivity contribution < 1.29 is 27.0 Å². The fourth-order valence-corrected chi connectivity index (χ4v) is 7.79. The Morgan fingerprint density at radius 3 is 2.82 bits per heavy atom. The number of ether oxygens (including phenoxy) is 1. The number of carbonyl (C=O) groups excluding carboxylic acids is 1. The van der Waals surface area contributed by atoms with Crippen molar-refractivity contribution in [1.29, 1.82) is 0 Å². The second kappa shape index (κ2) is 5.65. The standard InChI is InChI=1S/C14H21NO5S2/c16-14(19-4-1-15-2-5-21-6-3-15)12-9-7-10-11(8-9)20-22(17,18)13(10)12/h9-13H,1-8H2/p+1. The van der Waals surface area contributed by atoms with E-state index in [4.69, 9.17) is 8.92 Å². The number of hydrogen-bond donors (Lipinski definition) is 1. The van der Waals surface area contributed by atoms with E-state index in [1.165, 1.54) is 4.90 Å². The van der Waals surface area contributed by atoms with Gasteiger partial charge in [0, 0.05) is 17.4 Å². The number of carbonyl (C=O) groups is 1. The van der Waals surface area contributed by atoms with Gasteiger partial charge in [0.15, 0.2) is 0 Å². The molecule has 4 aliphatic rings. The van der Waals surface area contributed by atoms with Crippen LogP contribution >= 0.6 is 11.8 Å². The quantitative estimate of drug-likeness (QED) is 0.514. The van der Waals surface area contributed by atoms with Crippen molar-refractivity contribution in [1.82, 2.24) is 0 Å². The lowest BCUT2D eigenvalue weighted by atomic mass is 9.87. The molecule has 2 saturated heterocycles. The average Bonchev–Trinajstić information content (AvgIpc) is 3.08. The molecule has 5 atom stereocenters. The number of esters is 1. The van der Waals surface area contributed by atoms with Crippen molar-refractivity contribution in [3.05, 3.63) is 0 Å². The number of nitrogens with one attached hydrogen (secondary N) is 1. The van der Waals surface area contributed by atoms with Crippen LogP contribution in [0.3, 0.4) is 0 Å². The van der Waals surface area contributed by atoms with Gasteiger partial charge in [0.25, 0.3) is 10.1 Å². The minimum atomic E-state index is -3.58. The van der Waals surface area contributed by atoms with Gasteiger partial charge in [0.1, 0.15) is 18.4 Å². The Balaban J connectivity index is 1.35. The largest absolute Gasteiger partial charge is 0.459 e. The molecule has 6 nitrogen and oxygen atoms in total. The van der Waals surface area contributed by atoms with Crippen LogP contribution in [0.5, 0.6) is 0 Å². The molecule has 2 saturated carbocycles. The first-order valence-corrected chi connectivity index (χ1v) is 10.7. The number of fused-ring (bicyclic) bond motifs is 1. The van der Waals surface area contributed by atoms with Gasteiger partial charge in [-0.3, -0.25) is 8.98 Å². The normalized spacial score (nSPS) is 42.6. The molecule has 5 unspecified atom stereocenters. The molecule has 0 radical (unpaired) electrons. The highest BCUT2D eigenvalue weighted by Crippen LogP contribution is 2.57. The molecule has 2 aliphatic carbocycles. The third-order valence-corrected chi connectivity index (χ3v) is 8.44. The second-order valence-corrected chi connectivity index (χ2v) is 9.74. The molecule has 124 valence electrons. The van der Waals surface area contributed by atoms with Gasteiger partial charge in [-0.25, -0.2) is 0 Å². The van der Waals surface area contributed by atoms with E-state index in [1.807, 2.05) is 11.8 Å². The first-order chi connectivity index (χ1) is 10.6. The molecule has 22 heavy (non-hydrogen) atoms. The van der Waals surface area contributed by atoms with Crippen molar-refractivity contribution in [2.75, 3.05) is 37.7 Å². The average molecular weight is 348 g/mol. The zero-order chi connectivity index (χ0) is 15.3. The first-order valence-electron chi connectivity index (χ1n) is 8.06. The number of thioether (sulfide) groups is 1. The van der Waals surface area contributed by atoms with Gasteiger partial charge in [-0.05, 0) is 18.8 Å². The van der Waals surface area contributed by atoms with Gasteiger partial charge in [0.2, 0.25) is 0 Å². The molecule has 8 heteroatoms. The lowest BCUT2D eigenvalue weighted by molar-refractivity contribution is -0.896. The summed E-state index contributed by atoms with van der Waals surface area (Å²) in [6.07, 6.45) is 1.30. The van der Waals surface area contributed by atoms with Crippen molar-refractivity contribution in [2.24, 2.45) is 17.8 Å². The van der Waals surface area contributed by atoms with E-state index in [-0.39, 0.29) is 23.9 Å². The van der Waals surface area contributed by atoms with Gasteiger partial charge >= 0.3 is 5.97 Å². The molecule has 4 rings (SSSR count). The van der Waals surface area contributed by atoms with Crippen LogP contribution in [-0.4, -0.2) is 63.5 Å². The fraction of sp³-hybridized carbons (Fsp3) is 0.929. The lowest BCUT2D eigenvalue weighted by Gasteiger charge is -2.25. The van der Waals surface area contributed by atoms with Crippen LogP contribution in [-0.2, 0) is 23.8 Å². The Hall–Kier alpha value is -0.310. The SMILES string of the molecule is O=C(OCC[NH+]1CCSCC1)C1C2CC3OS(=O)(=O)C1C3C2. The monoisotopic (exact) mass is 348 g/mol. The fourth-order valence-electron chi connectivity index (χ4n) is 4.61. The topological polar surface area (TPSA) is 74.1 Å². The maximum absolute atomic E-state index is 12.4. The zero-order valence-corrected chi connectivity index (χ0v) is 14.0.